The van der Waals surface area contributed by atoms with Crippen molar-refractivity contribution in [2.24, 2.45) is 0 Å². The van der Waals surface area contributed by atoms with E-state index in [2.05, 4.69) is 5.10 Å². The van der Waals surface area contributed by atoms with E-state index in [9.17, 15) is 9.59 Å². The largest absolute Gasteiger partial charge is 0.454 e. The number of Topliss-reactive ketones (excluding diaryl/α,β-unsaturated/α-hetero) is 1. The molecule has 0 aliphatic carbocycles. The van der Waals surface area contributed by atoms with Gasteiger partial charge >= 0.3 is 5.97 Å². The van der Waals surface area contributed by atoms with Crippen LogP contribution in [0.5, 0.6) is 0 Å². The van der Waals surface area contributed by atoms with Crippen LogP contribution in [0.25, 0.3) is 5.69 Å². The number of carbonyl (C=O) groups excluding carboxylic acids is 2. The van der Waals surface area contributed by atoms with Crippen molar-refractivity contribution >= 4 is 47.1 Å². The number of aryl methyl sites for hydroxylation is 2. The molecule has 0 aliphatic heterocycles. The van der Waals surface area contributed by atoms with Crippen LogP contribution in [-0.4, -0.2) is 34.4 Å². The Morgan fingerprint density at radius 1 is 1.18 bits per heavy atom. The summed E-state index contributed by atoms with van der Waals surface area (Å²) < 4.78 is 8.37. The lowest BCUT2D eigenvalue weighted by atomic mass is 10.0. The van der Waals surface area contributed by atoms with Gasteiger partial charge in [0.2, 0.25) is 5.78 Å². The molecule has 0 amide bonds. The number of ether oxygens (including phenoxy) is 1. The van der Waals surface area contributed by atoms with E-state index in [1.54, 1.807) is 35.0 Å². The van der Waals surface area contributed by atoms with Crippen molar-refractivity contribution in [3.63, 3.8) is 0 Å². The Labute approximate surface area is 176 Å². The average Bonchev–Trinajstić information content (AvgIpc) is 3.08. The van der Waals surface area contributed by atoms with Crippen LogP contribution in [0.2, 0.25) is 0 Å². The van der Waals surface area contributed by atoms with Crippen molar-refractivity contribution < 1.29 is 14.3 Å². The quantitative estimate of drug-likeness (QED) is 0.236. The topological polar surface area (TPSA) is 61.2 Å². The van der Waals surface area contributed by atoms with Crippen molar-refractivity contribution in [3.8, 4) is 5.69 Å². The zero-order chi connectivity index (χ0) is 20.3. The van der Waals surface area contributed by atoms with Crippen LogP contribution in [0, 0.1) is 17.8 Å². The molecule has 144 valence electrons. The van der Waals surface area contributed by atoms with Gasteiger partial charge in [-0.15, -0.1) is 5.10 Å². The van der Waals surface area contributed by atoms with Crippen LogP contribution < -0.4 is 0 Å². The molecule has 0 bridgehead atoms. The molecular formula is C20H18N2O3S3. The molecule has 5 nitrogen and oxygen atoms in total. The van der Waals surface area contributed by atoms with E-state index in [-0.39, 0.29) is 12.4 Å². The highest BCUT2D eigenvalue weighted by Gasteiger charge is 2.14. The standard InChI is InChI=1S/C20H18N2O3S3/c1-12-4-5-13(2)16(10-12)17(23)11-25-18(24)14-6-8-15(9-7-14)22-20(26)28-19(21-22)27-3/h4-10H,11H2,1-3H3. The third-order valence-corrected chi connectivity index (χ3v) is 6.29. The molecular weight excluding hydrogens is 412 g/mol. The lowest BCUT2D eigenvalue weighted by molar-refractivity contribution is 0.0474. The van der Waals surface area contributed by atoms with Crippen LogP contribution in [0.15, 0.2) is 46.8 Å². The monoisotopic (exact) mass is 430 g/mol. The van der Waals surface area contributed by atoms with E-state index in [1.807, 2.05) is 32.2 Å². The Kier molecular flexibility index (Phi) is 6.43. The Bertz CT molecular complexity index is 1080. The van der Waals surface area contributed by atoms with Crippen LogP contribution >= 0.6 is 35.3 Å². The predicted molar refractivity (Wildman–Crippen MR) is 115 cm³/mol. The van der Waals surface area contributed by atoms with Crippen LogP contribution in [0.4, 0.5) is 0 Å². The van der Waals surface area contributed by atoms with Crippen molar-refractivity contribution in [2.75, 3.05) is 12.9 Å². The molecule has 8 heteroatoms. The molecule has 1 aromatic heterocycles. The molecule has 1 heterocycles. The molecule has 0 radical (unpaired) electrons. The Hall–Kier alpha value is -2.29. The van der Waals surface area contributed by atoms with Crippen LogP contribution in [-0.2, 0) is 4.74 Å². The van der Waals surface area contributed by atoms with E-state index in [0.717, 1.165) is 21.2 Å². The van der Waals surface area contributed by atoms with Gasteiger partial charge in [-0.3, -0.25) is 4.79 Å². The Balaban J connectivity index is 1.68. The summed E-state index contributed by atoms with van der Waals surface area (Å²) in [6.45, 7) is 3.48. The maximum absolute atomic E-state index is 12.4. The van der Waals surface area contributed by atoms with E-state index in [4.69, 9.17) is 17.0 Å². The third kappa shape index (κ3) is 4.57. The Morgan fingerprint density at radius 2 is 1.89 bits per heavy atom. The third-order valence-electron chi connectivity index (χ3n) is 4.08. The summed E-state index contributed by atoms with van der Waals surface area (Å²) in [5, 5.41) is 4.41. The first kappa shape index (κ1) is 20.4. The number of aromatic nitrogens is 2. The van der Waals surface area contributed by atoms with Crippen LogP contribution in [0.1, 0.15) is 31.8 Å². The fourth-order valence-corrected chi connectivity index (χ4v) is 4.35. The smallest absolute Gasteiger partial charge is 0.338 e. The molecule has 0 aliphatic rings. The molecule has 0 atom stereocenters. The van der Waals surface area contributed by atoms with E-state index >= 15 is 0 Å². The van der Waals surface area contributed by atoms with Gasteiger partial charge in [0.15, 0.2) is 14.9 Å². The number of nitrogens with zero attached hydrogens (tertiary/aromatic N) is 2. The first-order valence-corrected chi connectivity index (χ1v) is 10.9. The molecule has 3 aromatic rings. The number of benzene rings is 2. The molecule has 28 heavy (non-hydrogen) atoms. The molecule has 0 fully saturated rings. The zero-order valence-electron chi connectivity index (χ0n) is 15.6. The molecule has 0 spiro atoms. The van der Waals surface area contributed by atoms with Gasteiger partial charge in [0, 0.05) is 5.56 Å². The summed E-state index contributed by atoms with van der Waals surface area (Å²) in [5.41, 5.74) is 3.56. The molecule has 0 saturated heterocycles. The number of esters is 1. The van der Waals surface area contributed by atoms with E-state index < -0.39 is 5.97 Å². The lowest BCUT2D eigenvalue weighted by Crippen LogP contribution is -2.15. The number of hydrogen-bond donors (Lipinski definition) is 0. The minimum Gasteiger partial charge on any atom is -0.454 e. The second-order valence-electron chi connectivity index (χ2n) is 6.11. The minimum absolute atomic E-state index is 0.218. The summed E-state index contributed by atoms with van der Waals surface area (Å²) in [6, 6.07) is 12.4. The highest BCUT2D eigenvalue weighted by Crippen LogP contribution is 2.22. The fourth-order valence-electron chi connectivity index (χ4n) is 2.57. The second kappa shape index (κ2) is 8.81. The lowest BCUT2D eigenvalue weighted by Gasteiger charge is -2.08. The van der Waals surface area contributed by atoms with Gasteiger partial charge in [-0.25, -0.2) is 9.48 Å². The van der Waals surface area contributed by atoms with Crippen LogP contribution in [0.3, 0.4) is 0 Å². The highest BCUT2D eigenvalue weighted by atomic mass is 32.2. The predicted octanol–water partition coefficient (Wildman–Crippen LogP) is 5.04. The fraction of sp³-hybridized carbons (Fsp3) is 0.200. The Morgan fingerprint density at radius 3 is 2.54 bits per heavy atom. The number of hydrogen-bond acceptors (Lipinski definition) is 7. The summed E-state index contributed by atoms with van der Waals surface area (Å²) in [6.07, 6.45) is 1.94. The van der Waals surface area contributed by atoms with Gasteiger partial charge in [-0.2, -0.15) is 0 Å². The maximum Gasteiger partial charge on any atom is 0.338 e. The number of ketones is 1. The minimum atomic E-state index is -0.545. The van der Waals surface area contributed by atoms with Gasteiger partial charge in [-0.05, 0) is 68.2 Å². The first-order chi connectivity index (χ1) is 13.4. The van der Waals surface area contributed by atoms with Gasteiger partial charge in [-0.1, -0.05) is 40.8 Å². The van der Waals surface area contributed by atoms with Crippen molar-refractivity contribution in [2.45, 2.75) is 18.2 Å². The van der Waals surface area contributed by atoms with Crippen molar-refractivity contribution in [1.82, 2.24) is 9.78 Å². The first-order valence-electron chi connectivity index (χ1n) is 8.41. The normalized spacial score (nSPS) is 10.7. The average molecular weight is 431 g/mol. The SMILES string of the molecule is CSc1nn(-c2ccc(C(=O)OCC(=O)c3cc(C)ccc3C)cc2)c(=S)s1. The van der Waals surface area contributed by atoms with E-state index in [0.29, 0.717) is 15.1 Å². The maximum atomic E-state index is 12.4. The molecule has 0 unspecified atom stereocenters. The van der Waals surface area contributed by atoms with Gasteiger partial charge in [0.25, 0.3) is 0 Å². The highest BCUT2D eigenvalue weighted by molar-refractivity contribution is 8.00. The van der Waals surface area contributed by atoms with Crippen molar-refractivity contribution in [3.05, 3.63) is 68.7 Å². The molecule has 0 saturated carbocycles. The summed E-state index contributed by atoms with van der Waals surface area (Å²) >= 11 is 8.28. The molecule has 2 aromatic carbocycles. The molecule has 3 rings (SSSR count). The summed E-state index contributed by atoms with van der Waals surface area (Å²) in [4.78, 5) is 24.6. The van der Waals surface area contributed by atoms with Gasteiger partial charge in [0.05, 0.1) is 11.3 Å². The number of thioether (sulfide) groups is 1. The van der Waals surface area contributed by atoms with E-state index in [1.165, 1.54) is 23.1 Å². The zero-order valence-corrected chi connectivity index (χ0v) is 18.0. The second-order valence-corrected chi connectivity index (χ2v) is 8.79. The number of rotatable bonds is 6. The molecule has 0 N–H and O–H groups in total. The number of carbonyl (C=O) groups is 2. The van der Waals surface area contributed by atoms with Crippen molar-refractivity contribution in [1.29, 1.82) is 0 Å². The summed E-state index contributed by atoms with van der Waals surface area (Å²) in [7, 11) is 0. The van der Waals surface area contributed by atoms with Gasteiger partial charge in [0.1, 0.15) is 0 Å². The summed E-state index contributed by atoms with van der Waals surface area (Å²) in [5.74, 6) is -0.763. The van der Waals surface area contributed by atoms with Gasteiger partial charge < -0.3 is 4.74 Å².